The third-order valence-corrected chi connectivity index (χ3v) is 7.47. The summed E-state index contributed by atoms with van der Waals surface area (Å²) in [6.45, 7) is 8.32. The summed E-state index contributed by atoms with van der Waals surface area (Å²) < 4.78 is 27.8. The number of hydrogen-bond donors (Lipinski definition) is 2. The van der Waals surface area contributed by atoms with Crippen LogP contribution in [0.4, 0.5) is 19.3 Å². The maximum Gasteiger partial charge on any atom is 0.335 e. The highest BCUT2D eigenvalue weighted by molar-refractivity contribution is 6.31. The zero-order valence-corrected chi connectivity index (χ0v) is 21.6. The number of alkyl halides is 2. The van der Waals surface area contributed by atoms with Crippen LogP contribution in [0.15, 0.2) is 54.2 Å². The molecule has 192 valence electrons. The molecule has 2 amide bonds. The van der Waals surface area contributed by atoms with Gasteiger partial charge in [0.2, 0.25) is 5.92 Å². The molecule has 4 rings (SSSR count). The summed E-state index contributed by atoms with van der Waals surface area (Å²) >= 11 is 6.65. The Morgan fingerprint density at radius 2 is 1.81 bits per heavy atom. The Morgan fingerprint density at radius 3 is 2.33 bits per heavy atom. The minimum absolute atomic E-state index is 0.0880. The van der Waals surface area contributed by atoms with Gasteiger partial charge in [0.25, 0.3) is 0 Å². The minimum atomic E-state index is -2.74. The molecule has 8 heteroatoms. The number of aryl methyl sites for hydroxylation is 1. The van der Waals surface area contributed by atoms with Crippen molar-refractivity contribution in [3.63, 3.8) is 0 Å². The fraction of sp³-hybridized carbons (Fsp3) is 0.429. The van der Waals surface area contributed by atoms with Crippen molar-refractivity contribution < 1.29 is 23.5 Å². The van der Waals surface area contributed by atoms with E-state index in [0.717, 1.165) is 24.0 Å². The maximum absolute atomic E-state index is 13.9. The summed E-state index contributed by atoms with van der Waals surface area (Å²) in [4.78, 5) is 25.8. The van der Waals surface area contributed by atoms with E-state index >= 15 is 0 Å². The van der Waals surface area contributed by atoms with Crippen LogP contribution in [-0.4, -0.2) is 23.0 Å². The zero-order valence-electron chi connectivity index (χ0n) is 20.9. The van der Waals surface area contributed by atoms with Crippen LogP contribution in [0.5, 0.6) is 0 Å². The van der Waals surface area contributed by atoms with E-state index in [1.54, 1.807) is 6.20 Å². The van der Waals surface area contributed by atoms with E-state index in [4.69, 9.17) is 16.7 Å². The molecule has 0 saturated heterocycles. The van der Waals surface area contributed by atoms with Crippen molar-refractivity contribution in [3.05, 3.63) is 76.0 Å². The van der Waals surface area contributed by atoms with Crippen molar-refractivity contribution >= 4 is 29.3 Å². The molecule has 36 heavy (non-hydrogen) atoms. The summed E-state index contributed by atoms with van der Waals surface area (Å²) in [5.74, 6) is -4.24. The first-order valence-corrected chi connectivity index (χ1v) is 12.4. The monoisotopic (exact) mass is 516 g/mol. The number of halogens is 3. The predicted molar refractivity (Wildman–Crippen MR) is 137 cm³/mol. The number of carbonyl (C=O) groups is 2. The molecule has 0 unspecified atom stereocenters. The summed E-state index contributed by atoms with van der Waals surface area (Å²) in [5, 5.41) is 12.8. The highest BCUT2D eigenvalue weighted by Crippen LogP contribution is 2.52. The second kappa shape index (κ2) is 9.18. The van der Waals surface area contributed by atoms with Crippen LogP contribution in [-0.2, 0) is 12.0 Å². The van der Waals surface area contributed by atoms with Gasteiger partial charge >= 0.3 is 12.0 Å². The quantitative estimate of drug-likeness (QED) is 0.420. The van der Waals surface area contributed by atoms with Gasteiger partial charge in [0.15, 0.2) is 0 Å². The van der Waals surface area contributed by atoms with Crippen molar-refractivity contribution in [1.82, 2.24) is 5.32 Å². The average molecular weight is 517 g/mol. The van der Waals surface area contributed by atoms with Crippen LogP contribution < -0.4 is 10.2 Å². The number of amides is 2. The lowest BCUT2D eigenvalue weighted by atomic mass is 9.67. The smallest absolute Gasteiger partial charge is 0.335 e. The largest absolute Gasteiger partial charge is 0.478 e. The van der Waals surface area contributed by atoms with Gasteiger partial charge in [0, 0.05) is 24.1 Å². The van der Waals surface area contributed by atoms with Crippen molar-refractivity contribution in [2.24, 2.45) is 11.3 Å². The molecule has 0 radical (unpaired) electrons. The van der Waals surface area contributed by atoms with Gasteiger partial charge in [0.05, 0.1) is 16.8 Å². The number of rotatable bonds is 6. The standard InChI is InChI=1S/C28H31ClF2N2O3/c1-26(2,3)12-11-17-5-8-20(13-23(17)29)27(4)22(19-14-28(30,31)15-19)16-33(25(36)32-27)21-9-6-18(7-10-21)24(34)35/h5-10,13,16,19H,11-12,14-15H2,1-4H3,(H,32,36)(H,34,35)/t27-/m0/s1. The van der Waals surface area contributed by atoms with Crippen LogP contribution >= 0.6 is 11.6 Å². The summed E-state index contributed by atoms with van der Waals surface area (Å²) in [6, 6.07) is 11.1. The van der Waals surface area contributed by atoms with Gasteiger partial charge in [0.1, 0.15) is 0 Å². The summed E-state index contributed by atoms with van der Waals surface area (Å²) in [5.41, 5.74) is 2.05. The number of carboxylic acid groups (broad SMARTS) is 1. The lowest BCUT2D eigenvalue weighted by molar-refractivity contribution is -0.102. The molecular formula is C28H31ClF2N2O3. The Morgan fingerprint density at radius 1 is 1.17 bits per heavy atom. The van der Waals surface area contributed by atoms with Crippen LogP contribution in [0.2, 0.25) is 5.02 Å². The van der Waals surface area contributed by atoms with Crippen molar-refractivity contribution in [2.75, 3.05) is 4.90 Å². The number of aromatic carboxylic acids is 1. The van der Waals surface area contributed by atoms with E-state index < -0.39 is 29.4 Å². The zero-order chi connectivity index (χ0) is 26.5. The molecule has 0 aromatic heterocycles. The Labute approximate surface area is 215 Å². The first-order valence-electron chi connectivity index (χ1n) is 12.0. The number of nitrogens with one attached hydrogen (secondary N) is 1. The lowest BCUT2D eigenvalue weighted by Crippen LogP contribution is -2.57. The first kappa shape index (κ1) is 26.1. The summed E-state index contributed by atoms with van der Waals surface area (Å²) in [6.07, 6.45) is 2.79. The molecule has 0 bridgehead atoms. The number of carbonyl (C=O) groups excluding carboxylic acids is 1. The van der Waals surface area contributed by atoms with Crippen LogP contribution in [0.25, 0.3) is 0 Å². The fourth-order valence-corrected chi connectivity index (χ4v) is 5.11. The van der Waals surface area contributed by atoms with Crippen LogP contribution in [0.1, 0.15) is 68.4 Å². The first-order chi connectivity index (χ1) is 16.7. The molecule has 5 nitrogen and oxygen atoms in total. The molecule has 1 atom stereocenters. The molecule has 1 aliphatic carbocycles. The van der Waals surface area contributed by atoms with Crippen molar-refractivity contribution in [3.8, 4) is 0 Å². The van der Waals surface area contributed by atoms with Crippen molar-refractivity contribution in [1.29, 1.82) is 0 Å². The fourth-order valence-electron chi connectivity index (χ4n) is 4.83. The van der Waals surface area contributed by atoms with Crippen molar-refractivity contribution in [2.45, 2.75) is 64.8 Å². The molecule has 0 spiro atoms. The van der Waals surface area contributed by atoms with Gasteiger partial charge in [-0.15, -0.1) is 0 Å². The molecular weight excluding hydrogens is 486 g/mol. The van der Waals surface area contributed by atoms with Crippen LogP contribution in [0.3, 0.4) is 0 Å². The van der Waals surface area contributed by atoms with E-state index in [1.165, 1.54) is 29.2 Å². The second-order valence-electron chi connectivity index (χ2n) is 11.2. The normalized spacial score (nSPS) is 22.0. The number of benzene rings is 2. The predicted octanol–water partition coefficient (Wildman–Crippen LogP) is 7.39. The summed E-state index contributed by atoms with van der Waals surface area (Å²) in [7, 11) is 0. The van der Waals surface area contributed by atoms with E-state index in [9.17, 15) is 18.4 Å². The number of urea groups is 1. The SMILES string of the molecule is CC(C)(C)CCc1ccc([C@]2(C)NC(=O)N(c3ccc(C(=O)O)cc3)C=C2C2CC(F)(F)C2)cc1Cl. The molecule has 1 aliphatic heterocycles. The van der Waals surface area contributed by atoms with Gasteiger partial charge in [-0.2, -0.15) is 0 Å². The average Bonchev–Trinajstić information content (AvgIpc) is 2.76. The maximum atomic E-state index is 13.9. The number of carboxylic acids is 1. The van der Waals surface area contributed by atoms with Gasteiger partial charge in [-0.05, 0) is 78.1 Å². The Hall–Kier alpha value is -2.93. The Balaban J connectivity index is 1.71. The van der Waals surface area contributed by atoms with E-state index in [2.05, 4.69) is 26.1 Å². The highest BCUT2D eigenvalue weighted by Gasteiger charge is 2.52. The van der Waals surface area contributed by atoms with Crippen LogP contribution in [0, 0.1) is 11.3 Å². The molecule has 1 saturated carbocycles. The molecule has 2 N–H and O–H groups in total. The highest BCUT2D eigenvalue weighted by atomic mass is 35.5. The second-order valence-corrected chi connectivity index (χ2v) is 11.6. The van der Waals surface area contributed by atoms with Gasteiger partial charge in [-0.25, -0.2) is 18.4 Å². The third-order valence-electron chi connectivity index (χ3n) is 7.12. The minimum Gasteiger partial charge on any atom is -0.478 e. The third kappa shape index (κ3) is 5.26. The van der Waals surface area contributed by atoms with Gasteiger partial charge < -0.3 is 10.4 Å². The molecule has 2 aliphatic rings. The Kier molecular flexibility index (Phi) is 6.67. The van der Waals surface area contributed by atoms with E-state index in [1.807, 2.05) is 25.1 Å². The van der Waals surface area contributed by atoms with Gasteiger partial charge in [-0.3, -0.25) is 4.90 Å². The van der Waals surface area contributed by atoms with E-state index in [0.29, 0.717) is 16.3 Å². The van der Waals surface area contributed by atoms with Gasteiger partial charge in [-0.1, -0.05) is 44.5 Å². The lowest BCUT2D eigenvalue weighted by Gasteiger charge is -2.47. The molecule has 1 fully saturated rings. The Bertz CT molecular complexity index is 1210. The molecule has 2 aromatic carbocycles. The number of hydrogen-bond acceptors (Lipinski definition) is 2. The number of nitrogens with zero attached hydrogens (tertiary/aromatic N) is 1. The molecule has 2 aromatic rings. The molecule has 1 heterocycles. The number of anilines is 1. The topological polar surface area (TPSA) is 69.6 Å². The van der Waals surface area contributed by atoms with E-state index in [-0.39, 0.29) is 23.8 Å².